The molecule has 28 heavy (non-hydrogen) atoms. The van der Waals surface area contributed by atoms with Crippen molar-refractivity contribution in [1.29, 1.82) is 0 Å². The zero-order valence-corrected chi connectivity index (χ0v) is 16.6. The van der Waals surface area contributed by atoms with Crippen LogP contribution in [0.15, 0.2) is 47.1 Å². The Hall–Kier alpha value is -2.64. The number of nitrogens with one attached hydrogen (secondary N) is 1. The summed E-state index contributed by atoms with van der Waals surface area (Å²) in [7, 11) is 0. The van der Waals surface area contributed by atoms with Gasteiger partial charge >= 0.3 is 0 Å². The quantitative estimate of drug-likeness (QED) is 0.557. The lowest BCUT2D eigenvalue weighted by molar-refractivity contribution is -0.929. The van der Waals surface area contributed by atoms with Gasteiger partial charge in [-0.2, -0.15) is 9.50 Å². The average Bonchev–Trinajstić information content (AvgIpc) is 3.42. The predicted octanol–water partition coefficient (Wildman–Crippen LogP) is 3.22. The molecule has 0 bridgehead atoms. The summed E-state index contributed by atoms with van der Waals surface area (Å²) in [5, 5.41) is 15.5. The van der Waals surface area contributed by atoms with Gasteiger partial charge in [-0.05, 0) is 44.4 Å². The third-order valence-corrected chi connectivity index (χ3v) is 6.57. The molecule has 0 amide bonds. The molecule has 1 atom stereocenters. The number of hydrogen-bond donors (Lipinski definition) is 2. The molecular weight excluding hydrogens is 372 g/mol. The molecule has 5 rings (SSSR count). The van der Waals surface area contributed by atoms with Crippen LogP contribution in [0.1, 0.15) is 41.3 Å². The van der Waals surface area contributed by atoms with E-state index in [9.17, 15) is 5.11 Å². The van der Waals surface area contributed by atoms with Crippen LogP contribution in [0.3, 0.4) is 0 Å². The Balaban J connectivity index is 1.60. The first-order chi connectivity index (χ1) is 13.7. The van der Waals surface area contributed by atoms with Crippen LogP contribution in [0.4, 0.5) is 0 Å². The van der Waals surface area contributed by atoms with Gasteiger partial charge in [-0.3, -0.25) is 0 Å². The number of nitrogens with zero attached hydrogens (tertiary/aromatic N) is 3. The summed E-state index contributed by atoms with van der Waals surface area (Å²) >= 11 is 1.52. The van der Waals surface area contributed by atoms with Gasteiger partial charge < -0.3 is 14.4 Å². The van der Waals surface area contributed by atoms with Gasteiger partial charge in [0.25, 0.3) is 0 Å². The topological polar surface area (TPSA) is 68.0 Å². The van der Waals surface area contributed by atoms with Gasteiger partial charge in [0.1, 0.15) is 4.88 Å². The largest absolute Gasteiger partial charge is 0.492 e. The zero-order chi connectivity index (χ0) is 19.1. The standard InChI is InChI=1S/C21H22N4O2S/c1-14-7-5-8-15(13-14)17(24-10-3-2-4-11-24)18-20(26)25-21(28-18)22-19(23-25)16-9-6-12-27-16/h5-9,12-13,17,26H,2-4,10-11H2,1H3/p+1/t17-/m1/s1. The fourth-order valence-corrected chi connectivity index (χ4v) is 5.31. The van der Waals surface area contributed by atoms with Crippen LogP contribution in [0, 0.1) is 6.92 Å². The second kappa shape index (κ2) is 7.07. The number of aromatic hydroxyl groups is 1. The Bertz CT molecular complexity index is 1090. The number of benzene rings is 1. The van der Waals surface area contributed by atoms with Crippen LogP contribution < -0.4 is 4.90 Å². The van der Waals surface area contributed by atoms with E-state index in [4.69, 9.17) is 4.42 Å². The second-order valence-corrected chi connectivity index (χ2v) is 8.47. The Morgan fingerprint density at radius 1 is 1.18 bits per heavy atom. The highest BCUT2D eigenvalue weighted by Gasteiger charge is 2.33. The summed E-state index contributed by atoms with van der Waals surface area (Å²) in [5.74, 6) is 1.29. The first kappa shape index (κ1) is 17.5. The van der Waals surface area contributed by atoms with Crippen LogP contribution in [0.25, 0.3) is 16.5 Å². The van der Waals surface area contributed by atoms with Crippen LogP contribution in [0.5, 0.6) is 5.88 Å². The molecule has 1 aromatic carbocycles. The molecule has 2 N–H and O–H groups in total. The Labute approximate surface area is 167 Å². The number of fused-ring (bicyclic) bond motifs is 1. The van der Waals surface area contributed by atoms with Gasteiger partial charge in [0.05, 0.1) is 19.4 Å². The molecule has 4 aromatic rings. The maximum absolute atomic E-state index is 11.1. The first-order valence-corrected chi connectivity index (χ1v) is 10.6. The first-order valence-electron chi connectivity index (χ1n) is 9.74. The molecule has 7 heteroatoms. The summed E-state index contributed by atoms with van der Waals surface area (Å²) in [4.78, 5) is 7.71. The van der Waals surface area contributed by atoms with E-state index in [0.29, 0.717) is 16.5 Å². The molecule has 0 radical (unpaired) electrons. The maximum atomic E-state index is 11.1. The van der Waals surface area contributed by atoms with E-state index in [2.05, 4.69) is 41.3 Å². The number of thiazole rings is 1. The SMILES string of the molecule is Cc1cccc([C@H](c2sc3nc(-c4ccco4)nn3c2O)[NH+]2CCCCC2)c1. The molecule has 0 spiro atoms. The number of rotatable bonds is 4. The van der Waals surface area contributed by atoms with Crippen LogP contribution in [0.2, 0.25) is 0 Å². The molecule has 0 unspecified atom stereocenters. The van der Waals surface area contributed by atoms with Gasteiger partial charge in [-0.15, -0.1) is 5.10 Å². The minimum Gasteiger partial charge on any atom is -0.492 e. The van der Waals surface area contributed by atoms with Crippen molar-refractivity contribution in [2.75, 3.05) is 13.1 Å². The van der Waals surface area contributed by atoms with Crippen LogP contribution in [-0.2, 0) is 0 Å². The lowest BCUT2D eigenvalue weighted by atomic mass is 9.99. The lowest BCUT2D eigenvalue weighted by Crippen LogP contribution is -3.13. The number of hydrogen-bond acceptors (Lipinski definition) is 5. The number of piperidine rings is 1. The Morgan fingerprint density at radius 3 is 2.75 bits per heavy atom. The molecule has 1 aliphatic rings. The highest BCUT2D eigenvalue weighted by Crippen LogP contribution is 2.36. The molecule has 1 saturated heterocycles. The second-order valence-electron chi connectivity index (χ2n) is 7.46. The molecule has 0 aliphatic carbocycles. The van der Waals surface area contributed by atoms with Crippen molar-refractivity contribution in [3.63, 3.8) is 0 Å². The number of likely N-dealkylation sites (tertiary alicyclic amines) is 1. The molecule has 6 nitrogen and oxygen atoms in total. The van der Waals surface area contributed by atoms with Crippen molar-refractivity contribution in [2.45, 2.75) is 32.2 Å². The molecule has 0 saturated carbocycles. The van der Waals surface area contributed by atoms with Gasteiger partial charge in [0.15, 0.2) is 11.8 Å². The van der Waals surface area contributed by atoms with E-state index in [-0.39, 0.29) is 11.9 Å². The third-order valence-electron chi connectivity index (χ3n) is 5.48. The van der Waals surface area contributed by atoms with Gasteiger partial charge in [-0.25, -0.2) is 0 Å². The molecular formula is C21H23N4O2S+. The normalized spacial score (nSPS) is 16.6. The summed E-state index contributed by atoms with van der Waals surface area (Å²) < 4.78 is 6.94. The predicted molar refractivity (Wildman–Crippen MR) is 108 cm³/mol. The Kier molecular flexibility index (Phi) is 4.41. The van der Waals surface area contributed by atoms with E-state index in [0.717, 1.165) is 18.0 Å². The minimum atomic E-state index is 0.0979. The smallest absolute Gasteiger partial charge is 0.235 e. The van der Waals surface area contributed by atoms with E-state index in [1.165, 1.54) is 46.6 Å². The van der Waals surface area contributed by atoms with E-state index < -0.39 is 0 Å². The monoisotopic (exact) mass is 395 g/mol. The van der Waals surface area contributed by atoms with Gasteiger partial charge in [-0.1, -0.05) is 35.1 Å². The van der Waals surface area contributed by atoms with Crippen molar-refractivity contribution in [3.05, 3.63) is 58.7 Å². The van der Waals surface area contributed by atoms with Crippen molar-refractivity contribution in [2.24, 2.45) is 0 Å². The summed E-state index contributed by atoms with van der Waals surface area (Å²) in [6.45, 7) is 4.34. The van der Waals surface area contributed by atoms with Crippen LogP contribution >= 0.6 is 11.3 Å². The number of furan rings is 1. The van der Waals surface area contributed by atoms with Crippen LogP contribution in [-0.4, -0.2) is 32.8 Å². The van der Waals surface area contributed by atoms with Gasteiger partial charge in [0.2, 0.25) is 16.7 Å². The number of aryl methyl sites for hydroxylation is 1. The minimum absolute atomic E-state index is 0.0979. The molecule has 1 aliphatic heterocycles. The molecule has 4 heterocycles. The summed E-state index contributed by atoms with van der Waals surface area (Å²) in [5.41, 5.74) is 2.47. The average molecular weight is 396 g/mol. The summed E-state index contributed by atoms with van der Waals surface area (Å²) in [6, 6.07) is 12.3. The zero-order valence-electron chi connectivity index (χ0n) is 15.8. The van der Waals surface area contributed by atoms with Crippen molar-refractivity contribution in [3.8, 4) is 17.5 Å². The maximum Gasteiger partial charge on any atom is 0.235 e. The molecule has 144 valence electrons. The van der Waals surface area contributed by atoms with E-state index >= 15 is 0 Å². The van der Waals surface area contributed by atoms with Gasteiger partial charge in [0, 0.05) is 5.56 Å². The van der Waals surface area contributed by atoms with E-state index in [1.807, 2.05) is 12.1 Å². The fourth-order valence-electron chi connectivity index (χ4n) is 4.17. The molecule has 3 aromatic heterocycles. The number of quaternary nitrogens is 1. The third kappa shape index (κ3) is 3.00. The Morgan fingerprint density at radius 2 is 2.04 bits per heavy atom. The highest BCUT2D eigenvalue weighted by atomic mass is 32.1. The van der Waals surface area contributed by atoms with Crippen molar-refractivity contribution in [1.82, 2.24) is 14.6 Å². The molecule has 1 fully saturated rings. The number of aromatic nitrogens is 3. The summed E-state index contributed by atoms with van der Waals surface area (Å²) in [6.07, 6.45) is 5.34. The van der Waals surface area contributed by atoms with Crippen molar-refractivity contribution >= 4 is 16.3 Å². The lowest BCUT2D eigenvalue weighted by Gasteiger charge is -2.31. The van der Waals surface area contributed by atoms with Crippen molar-refractivity contribution < 1.29 is 14.4 Å². The fraction of sp³-hybridized carbons (Fsp3) is 0.333. The van der Waals surface area contributed by atoms with E-state index in [1.54, 1.807) is 10.8 Å². The highest BCUT2D eigenvalue weighted by molar-refractivity contribution is 7.17.